The number of nitrogens with zero attached hydrogens (tertiary/aromatic N) is 6. The summed E-state index contributed by atoms with van der Waals surface area (Å²) in [6.07, 6.45) is 10.2. The van der Waals surface area contributed by atoms with Crippen LogP contribution in [0, 0.1) is 22.7 Å². The lowest BCUT2D eigenvalue weighted by Crippen LogP contribution is -2.12. The topological polar surface area (TPSA) is 127 Å². The van der Waals surface area contributed by atoms with E-state index in [9.17, 15) is 13.7 Å². The molecule has 1 aliphatic rings. The van der Waals surface area contributed by atoms with E-state index < -0.39 is 16.2 Å². The van der Waals surface area contributed by atoms with Crippen LogP contribution in [-0.4, -0.2) is 45.4 Å². The highest BCUT2D eigenvalue weighted by molar-refractivity contribution is 8.25. The molecule has 1 saturated heterocycles. The molecule has 5 rings (SSSR count). The molecule has 45 heavy (non-hydrogen) atoms. The third-order valence-corrected chi connectivity index (χ3v) is 10.4. The maximum Gasteiger partial charge on any atom is 0.265 e. The molecule has 1 unspecified atom stereocenters. The van der Waals surface area contributed by atoms with Crippen molar-refractivity contribution in [3.05, 3.63) is 109 Å². The van der Waals surface area contributed by atoms with Crippen molar-refractivity contribution in [3.8, 4) is 12.1 Å². The Morgan fingerprint density at radius 1 is 1.04 bits per heavy atom. The Bertz CT molecular complexity index is 1790. The molecule has 0 amide bonds. The number of benzene rings is 2. The summed E-state index contributed by atoms with van der Waals surface area (Å²) in [7, 11) is -3.59. The minimum atomic E-state index is -3.59. The molecule has 0 N–H and O–H groups in total. The van der Waals surface area contributed by atoms with Crippen LogP contribution in [0.3, 0.4) is 0 Å². The molecule has 236 valence electrons. The van der Waals surface area contributed by atoms with Gasteiger partial charge in [0.1, 0.15) is 24.4 Å². The first-order valence-corrected chi connectivity index (χ1v) is 18.3. The van der Waals surface area contributed by atoms with Crippen LogP contribution >= 0.6 is 81.5 Å². The Morgan fingerprint density at radius 2 is 1.71 bits per heavy atom. The fourth-order valence-corrected chi connectivity index (χ4v) is 8.54. The molecule has 0 spiro atoms. The molecule has 3 heterocycles. The zero-order valence-electron chi connectivity index (χ0n) is 23.2. The average molecular weight is 765 g/mol. The van der Waals surface area contributed by atoms with Crippen LogP contribution in [0.15, 0.2) is 78.1 Å². The van der Waals surface area contributed by atoms with Gasteiger partial charge in [-0.1, -0.05) is 58.5 Å². The molecule has 1 fully saturated rings. The number of imidazole rings is 2. The summed E-state index contributed by atoms with van der Waals surface area (Å²) in [5, 5.41) is 19.8. The fourth-order valence-electron chi connectivity index (χ4n) is 3.59. The smallest absolute Gasteiger partial charge is 0.265 e. The molecule has 2 atom stereocenters. The van der Waals surface area contributed by atoms with Crippen LogP contribution in [0.25, 0.3) is 5.70 Å². The number of aromatic nitrogens is 4. The van der Waals surface area contributed by atoms with Gasteiger partial charge in [0.05, 0.1) is 35.1 Å². The lowest BCUT2D eigenvalue weighted by Gasteiger charge is -2.15. The first kappa shape index (κ1) is 37.1. The lowest BCUT2D eigenvalue weighted by atomic mass is 10.1. The van der Waals surface area contributed by atoms with Gasteiger partial charge in [-0.05, 0) is 29.8 Å². The second-order valence-corrected chi connectivity index (χ2v) is 14.9. The van der Waals surface area contributed by atoms with Gasteiger partial charge in [-0.25, -0.2) is 9.97 Å². The Kier molecular flexibility index (Phi) is 14.9. The Balaban J connectivity index is 0.000000203. The van der Waals surface area contributed by atoms with Crippen LogP contribution in [-0.2, 0) is 20.8 Å². The number of allylic oxidation sites excluding steroid dienone is 1. The van der Waals surface area contributed by atoms with Gasteiger partial charge in [-0.3, -0.25) is 8.75 Å². The van der Waals surface area contributed by atoms with E-state index in [1.165, 1.54) is 6.07 Å². The molecule has 2 aromatic carbocycles. The number of nitriles is 2. The van der Waals surface area contributed by atoms with E-state index in [0.717, 1.165) is 21.8 Å². The van der Waals surface area contributed by atoms with Crippen molar-refractivity contribution in [1.29, 1.82) is 10.5 Å². The standard InChI is InChI=1S/C14H9Cl2N3S2.C9H9Cl3O3S.C5H5N3/c15-9-1-2-10(11(16)5-9)13-7-20-14(21-13)12(6-17)19-4-3-18-8-19;1-16(13,14)15-9(5-10)7-3-2-6(11)4-8(7)12;6-1-3-8-4-2-7-5-8/h1-5,8,13H,7H2;2-4,9H,5H2,1H3;2,4-5H,3H2/b14-12+;;/t13-;;/m0../s1. The van der Waals surface area contributed by atoms with E-state index >= 15 is 0 Å². The first-order valence-electron chi connectivity index (χ1n) is 12.5. The van der Waals surface area contributed by atoms with Gasteiger partial charge in [0.15, 0.2) is 0 Å². The number of alkyl halides is 1. The van der Waals surface area contributed by atoms with Crippen molar-refractivity contribution < 1.29 is 12.6 Å². The van der Waals surface area contributed by atoms with Crippen LogP contribution in [0.5, 0.6) is 0 Å². The minimum Gasteiger partial charge on any atom is -0.324 e. The van der Waals surface area contributed by atoms with E-state index in [1.54, 1.807) is 88.3 Å². The summed E-state index contributed by atoms with van der Waals surface area (Å²) < 4.78 is 31.2. The normalized spacial score (nSPS) is 15.9. The lowest BCUT2D eigenvalue weighted by molar-refractivity contribution is 0.240. The predicted molar refractivity (Wildman–Crippen MR) is 184 cm³/mol. The van der Waals surface area contributed by atoms with E-state index in [2.05, 4.69) is 16.0 Å². The molecular formula is C28H23Cl5N6O3S3. The molecule has 1 aliphatic heterocycles. The molecule has 0 bridgehead atoms. The van der Waals surface area contributed by atoms with Crippen molar-refractivity contribution in [2.24, 2.45) is 0 Å². The van der Waals surface area contributed by atoms with E-state index in [0.29, 0.717) is 37.9 Å². The highest BCUT2D eigenvalue weighted by Gasteiger charge is 2.27. The Hall–Kier alpha value is -2.36. The summed E-state index contributed by atoms with van der Waals surface area (Å²) in [6.45, 7) is 0.389. The summed E-state index contributed by atoms with van der Waals surface area (Å²) >= 11 is 32.8. The third-order valence-electron chi connectivity index (χ3n) is 5.54. The molecule has 4 aromatic rings. The number of halogens is 5. The van der Waals surface area contributed by atoms with Gasteiger partial charge in [0.2, 0.25) is 0 Å². The molecule has 0 radical (unpaired) electrons. The van der Waals surface area contributed by atoms with Crippen molar-refractivity contribution >= 4 is 97.3 Å². The van der Waals surface area contributed by atoms with Crippen molar-refractivity contribution in [3.63, 3.8) is 0 Å². The highest BCUT2D eigenvalue weighted by Crippen LogP contribution is 2.53. The van der Waals surface area contributed by atoms with Gasteiger partial charge < -0.3 is 4.57 Å². The van der Waals surface area contributed by atoms with Gasteiger partial charge in [-0.15, -0.1) is 35.1 Å². The zero-order chi connectivity index (χ0) is 33.0. The maximum atomic E-state index is 11.0. The summed E-state index contributed by atoms with van der Waals surface area (Å²) in [4.78, 5) is 7.74. The SMILES string of the molecule is CS(=O)(=O)OC(CCl)c1ccc(Cl)cc1Cl.N#C/C(=C1/SC[C@@H](c2ccc(Cl)cc2Cl)S1)n1ccnc1.N#CCn1ccnc1. The maximum absolute atomic E-state index is 11.0. The predicted octanol–water partition coefficient (Wildman–Crippen LogP) is 8.72. The second kappa shape index (κ2) is 18.1. The van der Waals surface area contributed by atoms with Crippen molar-refractivity contribution in [2.45, 2.75) is 17.9 Å². The van der Waals surface area contributed by atoms with Gasteiger partial charge in [0.25, 0.3) is 10.1 Å². The van der Waals surface area contributed by atoms with E-state index in [4.69, 9.17) is 67.4 Å². The first-order chi connectivity index (χ1) is 21.4. The molecule has 17 heteroatoms. The molecule has 0 saturated carbocycles. The number of hydrogen-bond donors (Lipinski definition) is 0. The summed E-state index contributed by atoms with van der Waals surface area (Å²) in [6, 6.07) is 14.5. The largest absolute Gasteiger partial charge is 0.324 e. The number of thioether (sulfide) groups is 2. The van der Waals surface area contributed by atoms with E-state index in [-0.39, 0.29) is 11.1 Å². The van der Waals surface area contributed by atoms with Crippen molar-refractivity contribution in [1.82, 2.24) is 19.1 Å². The quantitative estimate of drug-likeness (QED) is 0.103. The van der Waals surface area contributed by atoms with E-state index in [1.807, 2.05) is 18.2 Å². The van der Waals surface area contributed by atoms with Gasteiger partial charge in [0, 0.05) is 61.4 Å². The average Bonchev–Trinajstić information content (AvgIpc) is 3.78. The molecular weight excluding hydrogens is 742 g/mol. The Morgan fingerprint density at radius 3 is 2.24 bits per heavy atom. The van der Waals surface area contributed by atoms with Crippen LogP contribution < -0.4 is 0 Å². The van der Waals surface area contributed by atoms with Gasteiger partial charge >= 0.3 is 0 Å². The monoisotopic (exact) mass is 762 g/mol. The summed E-state index contributed by atoms with van der Waals surface area (Å²) in [5.41, 5.74) is 2.15. The second-order valence-electron chi connectivity index (χ2n) is 8.80. The van der Waals surface area contributed by atoms with Crippen LogP contribution in [0.4, 0.5) is 0 Å². The molecule has 9 nitrogen and oxygen atoms in total. The Labute approximate surface area is 294 Å². The van der Waals surface area contributed by atoms with Gasteiger partial charge in [-0.2, -0.15) is 18.9 Å². The number of rotatable bonds is 7. The summed E-state index contributed by atoms with van der Waals surface area (Å²) in [5.74, 6) is 0.857. The number of hydrogen-bond acceptors (Lipinski definition) is 9. The van der Waals surface area contributed by atoms with Crippen molar-refractivity contribution in [2.75, 3.05) is 17.9 Å². The minimum absolute atomic E-state index is 0.0194. The zero-order valence-corrected chi connectivity index (χ0v) is 29.5. The fraction of sp³-hybridized carbons (Fsp3) is 0.214. The van der Waals surface area contributed by atoms with Crippen LogP contribution in [0.1, 0.15) is 22.5 Å². The molecule has 0 aliphatic carbocycles. The van der Waals surface area contributed by atoms with Crippen LogP contribution in [0.2, 0.25) is 20.1 Å². The highest BCUT2D eigenvalue weighted by atomic mass is 35.5. The third kappa shape index (κ3) is 11.7. The molecule has 2 aromatic heterocycles.